The Bertz CT molecular complexity index is 849. The van der Waals surface area contributed by atoms with Gasteiger partial charge < -0.3 is 15.0 Å². The highest BCUT2D eigenvalue weighted by atomic mass is 19.1. The van der Waals surface area contributed by atoms with Gasteiger partial charge in [-0.15, -0.1) is 0 Å². The summed E-state index contributed by atoms with van der Waals surface area (Å²) in [5, 5.41) is 2.84. The van der Waals surface area contributed by atoms with Gasteiger partial charge in [-0.1, -0.05) is 25.1 Å². The van der Waals surface area contributed by atoms with Crippen LogP contribution in [0.1, 0.15) is 31.9 Å². The molecule has 1 N–H and O–H groups in total. The molecule has 0 spiro atoms. The number of carbonyl (C=O) groups excluding carboxylic acids is 1. The van der Waals surface area contributed by atoms with Crippen molar-refractivity contribution in [2.24, 2.45) is 5.92 Å². The van der Waals surface area contributed by atoms with Gasteiger partial charge >= 0.3 is 0 Å². The average Bonchev–Trinajstić information content (AvgIpc) is 2.65. The van der Waals surface area contributed by atoms with Crippen molar-refractivity contribution in [3.8, 4) is 0 Å². The van der Waals surface area contributed by atoms with Gasteiger partial charge in [-0.2, -0.15) is 0 Å². The molecule has 2 aromatic rings. The first-order valence-electron chi connectivity index (χ1n) is 10.0. The average molecular weight is 402 g/mol. The summed E-state index contributed by atoms with van der Waals surface area (Å²) in [4.78, 5) is 14.4. The van der Waals surface area contributed by atoms with E-state index in [1.165, 1.54) is 18.2 Å². The first kappa shape index (κ1) is 21.2. The van der Waals surface area contributed by atoms with Crippen LogP contribution >= 0.6 is 0 Å². The van der Waals surface area contributed by atoms with Crippen molar-refractivity contribution in [1.29, 1.82) is 0 Å². The minimum atomic E-state index is -0.310. The fourth-order valence-electron chi connectivity index (χ4n) is 3.77. The number of rotatable bonds is 6. The predicted octanol–water partition coefficient (Wildman–Crippen LogP) is 4.07. The Labute approximate surface area is 170 Å². The number of anilines is 1. The SMILES string of the molecule is CC1CN(c2ccc(CNC(=O)C(C)Cc3cccc(F)c3)cc2F)CC(C)O1. The van der Waals surface area contributed by atoms with Gasteiger partial charge in [0.25, 0.3) is 0 Å². The summed E-state index contributed by atoms with van der Waals surface area (Å²) >= 11 is 0. The van der Waals surface area contributed by atoms with Crippen LogP contribution in [0.3, 0.4) is 0 Å². The van der Waals surface area contributed by atoms with Crippen LogP contribution in [0, 0.1) is 17.6 Å². The monoisotopic (exact) mass is 402 g/mol. The highest BCUT2D eigenvalue weighted by Crippen LogP contribution is 2.24. The van der Waals surface area contributed by atoms with Crippen molar-refractivity contribution in [2.45, 2.75) is 45.9 Å². The molecule has 3 unspecified atom stereocenters. The molecular weight excluding hydrogens is 374 g/mol. The van der Waals surface area contributed by atoms with Crippen molar-refractivity contribution in [2.75, 3.05) is 18.0 Å². The van der Waals surface area contributed by atoms with E-state index in [1.54, 1.807) is 25.1 Å². The zero-order chi connectivity index (χ0) is 21.0. The third-order valence-corrected chi connectivity index (χ3v) is 5.12. The van der Waals surface area contributed by atoms with Crippen LogP contribution in [0.15, 0.2) is 42.5 Å². The van der Waals surface area contributed by atoms with E-state index in [1.807, 2.05) is 24.8 Å². The molecule has 1 aliphatic heterocycles. The molecule has 4 nitrogen and oxygen atoms in total. The van der Waals surface area contributed by atoms with Gasteiger partial charge in [-0.05, 0) is 55.7 Å². The number of benzene rings is 2. The standard InChI is InChI=1S/C23H28F2N2O2/c1-15(9-18-5-4-6-20(24)10-18)23(28)26-12-19-7-8-22(21(25)11-19)27-13-16(2)29-17(3)14-27/h4-8,10-11,15-17H,9,12-14H2,1-3H3,(H,26,28). The maximum atomic E-state index is 14.7. The number of nitrogens with one attached hydrogen (secondary N) is 1. The van der Waals surface area contributed by atoms with Crippen molar-refractivity contribution in [3.63, 3.8) is 0 Å². The third kappa shape index (κ3) is 5.76. The first-order chi connectivity index (χ1) is 13.8. The number of morpholine rings is 1. The predicted molar refractivity (Wildman–Crippen MR) is 110 cm³/mol. The second kappa shape index (κ2) is 9.35. The number of nitrogens with zero attached hydrogens (tertiary/aromatic N) is 1. The molecule has 3 atom stereocenters. The van der Waals surface area contributed by atoms with E-state index >= 15 is 0 Å². The number of hydrogen-bond acceptors (Lipinski definition) is 3. The molecule has 156 valence electrons. The van der Waals surface area contributed by atoms with E-state index in [0.29, 0.717) is 30.8 Å². The van der Waals surface area contributed by atoms with Crippen LogP contribution in [-0.2, 0) is 22.5 Å². The van der Waals surface area contributed by atoms with Gasteiger partial charge in [0.2, 0.25) is 5.91 Å². The van der Waals surface area contributed by atoms with E-state index in [9.17, 15) is 13.6 Å². The van der Waals surface area contributed by atoms with Gasteiger partial charge in [0.05, 0.1) is 17.9 Å². The normalized spacial score (nSPS) is 20.4. The second-order valence-electron chi connectivity index (χ2n) is 7.90. The van der Waals surface area contributed by atoms with Crippen LogP contribution in [0.2, 0.25) is 0 Å². The molecule has 0 saturated carbocycles. The zero-order valence-electron chi connectivity index (χ0n) is 17.1. The zero-order valence-corrected chi connectivity index (χ0v) is 17.1. The molecule has 0 aromatic heterocycles. The van der Waals surface area contributed by atoms with Gasteiger partial charge in [-0.25, -0.2) is 8.78 Å². The lowest BCUT2D eigenvalue weighted by atomic mass is 10.00. The largest absolute Gasteiger partial charge is 0.372 e. The maximum absolute atomic E-state index is 14.7. The third-order valence-electron chi connectivity index (χ3n) is 5.12. The Kier molecular flexibility index (Phi) is 6.85. The molecule has 3 rings (SSSR count). The molecule has 1 aliphatic rings. The van der Waals surface area contributed by atoms with Crippen LogP contribution in [0.25, 0.3) is 0 Å². The minimum absolute atomic E-state index is 0.0525. The lowest BCUT2D eigenvalue weighted by Crippen LogP contribution is -2.45. The number of halogens is 2. The van der Waals surface area contributed by atoms with Crippen LogP contribution < -0.4 is 10.2 Å². The van der Waals surface area contributed by atoms with Crippen LogP contribution in [0.4, 0.5) is 14.5 Å². The Balaban J connectivity index is 1.56. The van der Waals surface area contributed by atoms with Crippen molar-refractivity contribution in [1.82, 2.24) is 5.32 Å². The molecule has 1 heterocycles. The first-order valence-corrected chi connectivity index (χ1v) is 10.0. The molecule has 6 heteroatoms. The maximum Gasteiger partial charge on any atom is 0.223 e. The summed E-state index contributed by atoms with van der Waals surface area (Å²) in [5.41, 5.74) is 2.03. The lowest BCUT2D eigenvalue weighted by Gasteiger charge is -2.37. The molecule has 29 heavy (non-hydrogen) atoms. The van der Waals surface area contributed by atoms with E-state index in [4.69, 9.17) is 4.74 Å². The second-order valence-corrected chi connectivity index (χ2v) is 7.90. The molecule has 1 amide bonds. The Morgan fingerprint density at radius 2 is 1.86 bits per heavy atom. The fourth-order valence-corrected chi connectivity index (χ4v) is 3.77. The van der Waals surface area contributed by atoms with Gasteiger partial charge in [0, 0.05) is 25.6 Å². The Hall–Kier alpha value is -2.47. The Morgan fingerprint density at radius 3 is 2.52 bits per heavy atom. The fraction of sp³-hybridized carbons (Fsp3) is 0.435. The molecule has 0 aliphatic carbocycles. The molecule has 1 saturated heterocycles. The van der Waals surface area contributed by atoms with Crippen molar-refractivity contribution < 1.29 is 18.3 Å². The van der Waals surface area contributed by atoms with Crippen LogP contribution in [0.5, 0.6) is 0 Å². The summed E-state index contributed by atoms with van der Waals surface area (Å²) in [6, 6.07) is 11.3. The van der Waals surface area contributed by atoms with E-state index in [2.05, 4.69) is 5.32 Å². The summed E-state index contributed by atoms with van der Waals surface area (Å²) in [6.07, 6.45) is 0.554. The van der Waals surface area contributed by atoms with Gasteiger partial charge in [-0.3, -0.25) is 4.79 Å². The number of ether oxygens (including phenoxy) is 1. The molecular formula is C23H28F2N2O2. The van der Waals surface area contributed by atoms with E-state index < -0.39 is 0 Å². The topological polar surface area (TPSA) is 41.6 Å². The Morgan fingerprint density at radius 1 is 1.14 bits per heavy atom. The summed E-state index contributed by atoms with van der Waals surface area (Å²) in [6.45, 7) is 7.30. The summed E-state index contributed by atoms with van der Waals surface area (Å²) in [5.74, 6) is -1.06. The lowest BCUT2D eigenvalue weighted by molar-refractivity contribution is -0.124. The minimum Gasteiger partial charge on any atom is -0.372 e. The highest BCUT2D eigenvalue weighted by molar-refractivity contribution is 5.78. The molecule has 0 bridgehead atoms. The number of hydrogen-bond donors (Lipinski definition) is 1. The summed E-state index contributed by atoms with van der Waals surface area (Å²) < 4.78 is 33.7. The van der Waals surface area contributed by atoms with E-state index in [0.717, 1.165) is 5.56 Å². The van der Waals surface area contributed by atoms with Gasteiger partial charge in [0.15, 0.2) is 0 Å². The number of carbonyl (C=O) groups is 1. The van der Waals surface area contributed by atoms with Crippen molar-refractivity contribution in [3.05, 3.63) is 65.2 Å². The summed E-state index contributed by atoms with van der Waals surface area (Å²) in [7, 11) is 0. The van der Waals surface area contributed by atoms with Crippen molar-refractivity contribution >= 4 is 11.6 Å². The molecule has 2 aromatic carbocycles. The number of amides is 1. The molecule has 0 radical (unpaired) electrons. The molecule has 1 fully saturated rings. The van der Waals surface area contributed by atoms with E-state index in [-0.39, 0.29) is 42.2 Å². The smallest absolute Gasteiger partial charge is 0.223 e. The quantitative estimate of drug-likeness (QED) is 0.792. The van der Waals surface area contributed by atoms with Gasteiger partial charge in [0.1, 0.15) is 11.6 Å². The van der Waals surface area contributed by atoms with Crippen LogP contribution in [-0.4, -0.2) is 31.2 Å². The highest BCUT2D eigenvalue weighted by Gasteiger charge is 2.24.